The topological polar surface area (TPSA) is 128 Å². The van der Waals surface area contributed by atoms with Gasteiger partial charge in [0.05, 0.1) is 20.9 Å². The first-order chi connectivity index (χ1) is 19.1. The second-order valence-corrected chi connectivity index (χ2v) is 10.6. The van der Waals surface area contributed by atoms with Crippen molar-refractivity contribution >= 4 is 73.8 Å². The molecular weight excluding hydrogens is 626 g/mol. The van der Waals surface area contributed by atoms with Crippen LogP contribution in [-0.2, 0) is 16.2 Å². The molecule has 0 unspecified atom stereocenters. The Bertz CT molecular complexity index is 1510. The van der Waals surface area contributed by atoms with Gasteiger partial charge in [-0.25, -0.2) is 0 Å². The van der Waals surface area contributed by atoms with E-state index in [1.165, 1.54) is 18.2 Å². The average Bonchev–Trinajstić information content (AvgIpc) is 3.15. The summed E-state index contributed by atoms with van der Waals surface area (Å²) in [6.07, 6.45) is 1.53. The molecule has 0 bridgehead atoms. The molecule has 0 atom stereocenters. The van der Waals surface area contributed by atoms with E-state index in [9.17, 15) is 24.5 Å². The SMILES string of the molecule is CCOc1cc(/C=C2/SC(=O)N(CC(=O)Nc3cccc(Cl)c3)C2=O)cc(Br)c1OCc1ccc([N+](=O)[O-])cc1. The monoisotopic (exact) mass is 645 g/mol. The van der Waals surface area contributed by atoms with Crippen molar-refractivity contribution < 1.29 is 28.8 Å². The highest BCUT2D eigenvalue weighted by atomic mass is 79.9. The van der Waals surface area contributed by atoms with Crippen LogP contribution in [0.2, 0.25) is 5.02 Å². The molecule has 40 heavy (non-hydrogen) atoms. The number of nitrogens with one attached hydrogen (secondary N) is 1. The summed E-state index contributed by atoms with van der Waals surface area (Å²) in [5.74, 6) is -0.334. The second-order valence-electron chi connectivity index (χ2n) is 8.30. The minimum absolute atomic E-state index is 0.0181. The summed E-state index contributed by atoms with van der Waals surface area (Å²) in [4.78, 5) is 49.4. The van der Waals surface area contributed by atoms with Gasteiger partial charge in [0.15, 0.2) is 11.5 Å². The maximum atomic E-state index is 13.0. The van der Waals surface area contributed by atoms with Crippen LogP contribution in [0.4, 0.5) is 16.2 Å². The zero-order valence-corrected chi connectivity index (χ0v) is 24.0. The summed E-state index contributed by atoms with van der Waals surface area (Å²) < 4.78 is 12.2. The largest absolute Gasteiger partial charge is 0.490 e. The quantitative estimate of drug-likeness (QED) is 0.147. The summed E-state index contributed by atoms with van der Waals surface area (Å²) in [5, 5.41) is 13.4. The molecule has 13 heteroatoms. The van der Waals surface area contributed by atoms with Crippen molar-refractivity contribution in [3.63, 3.8) is 0 Å². The van der Waals surface area contributed by atoms with Crippen LogP contribution in [0.5, 0.6) is 11.5 Å². The third kappa shape index (κ3) is 7.20. The van der Waals surface area contributed by atoms with E-state index in [0.29, 0.717) is 38.9 Å². The molecule has 1 saturated heterocycles. The Balaban J connectivity index is 1.48. The lowest BCUT2D eigenvalue weighted by Crippen LogP contribution is -2.36. The van der Waals surface area contributed by atoms with Gasteiger partial charge in [-0.1, -0.05) is 17.7 Å². The molecule has 0 aromatic heterocycles. The number of carbonyl (C=O) groups is 3. The van der Waals surface area contributed by atoms with Crippen molar-refractivity contribution in [3.8, 4) is 11.5 Å². The fourth-order valence-electron chi connectivity index (χ4n) is 3.64. The van der Waals surface area contributed by atoms with E-state index < -0.39 is 28.5 Å². The van der Waals surface area contributed by atoms with E-state index in [0.717, 1.165) is 22.2 Å². The van der Waals surface area contributed by atoms with Gasteiger partial charge in [0.2, 0.25) is 5.91 Å². The number of nitro groups is 1. The lowest BCUT2D eigenvalue weighted by molar-refractivity contribution is -0.384. The van der Waals surface area contributed by atoms with Gasteiger partial charge in [-0.2, -0.15) is 0 Å². The number of carbonyl (C=O) groups excluding carboxylic acids is 3. The Morgan fingerprint density at radius 1 is 1.15 bits per heavy atom. The van der Waals surface area contributed by atoms with Crippen LogP contribution in [0.3, 0.4) is 0 Å². The zero-order valence-electron chi connectivity index (χ0n) is 20.9. The fourth-order valence-corrected chi connectivity index (χ4v) is 5.24. The average molecular weight is 647 g/mol. The lowest BCUT2D eigenvalue weighted by atomic mass is 10.1. The Kier molecular flexibility index (Phi) is 9.46. The highest BCUT2D eigenvalue weighted by Crippen LogP contribution is 2.40. The summed E-state index contributed by atoms with van der Waals surface area (Å²) in [6, 6.07) is 15.9. The number of imide groups is 1. The Labute approximate surface area is 246 Å². The van der Waals surface area contributed by atoms with Crippen LogP contribution >= 0.6 is 39.3 Å². The smallest absolute Gasteiger partial charge is 0.294 e. The van der Waals surface area contributed by atoms with Gasteiger partial charge in [0.1, 0.15) is 13.2 Å². The van der Waals surface area contributed by atoms with Crippen LogP contribution in [0.1, 0.15) is 18.1 Å². The Hall–Kier alpha value is -3.87. The van der Waals surface area contributed by atoms with Crippen molar-refractivity contribution in [2.75, 3.05) is 18.5 Å². The minimum Gasteiger partial charge on any atom is -0.490 e. The predicted molar refractivity (Wildman–Crippen MR) is 155 cm³/mol. The number of hydrogen-bond acceptors (Lipinski definition) is 8. The first-order valence-electron chi connectivity index (χ1n) is 11.8. The maximum absolute atomic E-state index is 13.0. The predicted octanol–water partition coefficient (Wildman–Crippen LogP) is 6.66. The van der Waals surface area contributed by atoms with Crippen molar-refractivity contribution in [3.05, 3.63) is 96.3 Å². The number of nitrogens with zero attached hydrogens (tertiary/aromatic N) is 2. The molecule has 0 spiro atoms. The molecule has 4 rings (SSSR count). The van der Waals surface area contributed by atoms with Gasteiger partial charge in [0, 0.05) is 22.8 Å². The molecule has 3 aromatic rings. The van der Waals surface area contributed by atoms with E-state index in [4.69, 9.17) is 21.1 Å². The van der Waals surface area contributed by atoms with Crippen LogP contribution < -0.4 is 14.8 Å². The van der Waals surface area contributed by atoms with Gasteiger partial charge in [-0.05, 0) is 94.3 Å². The molecule has 0 aliphatic carbocycles. The number of anilines is 1. The molecule has 10 nitrogen and oxygen atoms in total. The third-order valence-corrected chi connectivity index (χ3v) is 7.18. The number of benzene rings is 3. The van der Waals surface area contributed by atoms with Crippen LogP contribution in [0.25, 0.3) is 6.08 Å². The lowest BCUT2D eigenvalue weighted by Gasteiger charge is -2.15. The van der Waals surface area contributed by atoms with Crippen molar-refractivity contribution in [1.82, 2.24) is 4.90 Å². The van der Waals surface area contributed by atoms with Crippen molar-refractivity contribution in [2.24, 2.45) is 0 Å². The number of hydrogen-bond donors (Lipinski definition) is 1. The Morgan fingerprint density at radius 2 is 1.90 bits per heavy atom. The number of nitro benzene ring substituents is 1. The van der Waals surface area contributed by atoms with Gasteiger partial charge in [0.25, 0.3) is 16.8 Å². The first kappa shape index (κ1) is 29.1. The molecule has 1 fully saturated rings. The highest BCUT2D eigenvalue weighted by Gasteiger charge is 2.36. The van der Waals surface area contributed by atoms with Gasteiger partial charge >= 0.3 is 0 Å². The molecule has 1 aliphatic heterocycles. The molecule has 1 N–H and O–H groups in total. The molecule has 3 aromatic carbocycles. The second kappa shape index (κ2) is 13.0. The molecule has 3 amide bonds. The van der Waals surface area contributed by atoms with Gasteiger partial charge in [-0.15, -0.1) is 0 Å². The molecular formula is C27H21BrClN3O7S. The van der Waals surface area contributed by atoms with Gasteiger partial charge in [-0.3, -0.25) is 29.4 Å². The third-order valence-electron chi connectivity index (χ3n) is 5.44. The maximum Gasteiger partial charge on any atom is 0.294 e. The van der Waals surface area contributed by atoms with E-state index >= 15 is 0 Å². The summed E-state index contributed by atoms with van der Waals surface area (Å²) in [6.45, 7) is 1.83. The number of non-ortho nitro benzene ring substituents is 1. The van der Waals surface area contributed by atoms with Crippen molar-refractivity contribution in [1.29, 1.82) is 0 Å². The number of thioether (sulfide) groups is 1. The molecule has 1 heterocycles. The minimum atomic E-state index is -0.594. The van der Waals surface area contributed by atoms with Gasteiger partial charge < -0.3 is 14.8 Å². The van der Waals surface area contributed by atoms with Crippen molar-refractivity contribution in [2.45, 2.75) is 13.5 Å². The first-order valence-corrected chi connectivity index (χ1v) is 13.8. The molecule has 1 aliphatic rings. The number of rotatable bonds is 10. The molecule has 0 saturated carbocycles. The summed E-state index contributed by atoms with van der Waals surface area (Å²) in [7, 11) is 0. The van der Waals surface area contributed by atoms with Crippen LogP contribution in [0.15, 0.2) is 70.0 Å². The molecule has 0 radical (unpaired) electrons. The zero-order chi connectivity index (χ0) is 28.8. The van der Waals surface area contributed by atoms with E-state index in [2.05, 4.69) is 21.2 Å². The van der Waals surface area contributed by atoms with E-state index in [-0.39, 0.29) is 17.2 Å². The summed E-state index contributed by atoms with van der Waals surface area (Å²) >= 11 is 10.1. The Morgan fingerprint density at radius 3 is 2.58 bits per heavy atom. The normalized spacial score (nSPS) is 14.0. The highest BCUT2D eigenvalue weighted by molar-refractivity contribution is 9.10. The fraction of sp³-hybridized carbons (Fsp3) is 0.148. The standard InChI is InChI=1S/C27H21BrClN3O7S/c1-2-38-22-11-17(10-21(28)25(22)39-15-16-6-8-20(9-7-16)32(36)37)12-23-26(34)31(27(35)40-23)14-24(33)30-19-5-3-4-18(29)13-19/h3-13H,2,14-15H2,1H3,(H,30,33)/b23-12+. The van der Waals surface area contributed by atoms with Crippen LogP contribution in [-0.4, -0.2) is 40.0 Å². The molecule has 206 valence electrons. The number of halogens is 2. The van der Waals surface area contributed by atoms with E-state index in [1.807, 2.05) is 0 Å². The van der Waals surface area contributed by atoms with Crippen LogP contribution in [0, 0.1) is 10.1 Å². The van der Waals surface area contributed by atoms with E-state index in [1.54, 1.807) is 55.5 Å². The number of ether oxygens (including phenoxy) is 2. The number of amides is 3. The summed E-state index contributed by atoms with van der Waals surface area (Å²) in [5.41, 5.74) is 1.71.